The Labute approximate surface area is 170 Å². The summed E-state index contributed by atoms with van der Waals surface area (Å²) in [6.45, 7) is 2.47. The van der Waals surface area contributed by atoms with Crippen LogP contribution in [0.15, 0.2) is 48.5 Å². The Morgan fingerprint density at radius 2 is 1.76 bits per heavy atom. The van der Waals surface area contributed by atoms with E-state index in [1.54, 1.807) is 19.1 Å². The van der Waals surface area contributed by atoms with E-state index in [0.29, 0.717) is 18.2 Å². The van der Waals surface area contributed by atoms with Crippen molar-refractivity contribution in [3.05, 3.63) is 64.7 Å². The van der Waals surface area contributed by atoms with Gasteiger partial charge in [0, 0.05) is 17.3 Å². The maximum atomic E-state index is 12.9. The van der Waals surface area contributed by atoms with Gasteiger partial charge >= 0.3 is 12.2 Å². The molecule has 0 amide bonds. The molecular formula is C19H17ClF3N5O. The minimum absolute atomic E-state index is 0.0468. The second kappa shape index (κ2) is 8.95. The van der Waals surface area contributed by atoms with Gasteiger partial charge in [0.15, 0.2) is 0 Å². The lowest BCUT2D eigenvalue weighted by atomic mass is 10.2. The number of anilines is 3. The van der Waals surface area contributed by atoms with Gasteiger partial charge in [-0.3, -0.25) is 0 Å². The Hall–Kier alpha value is -3.07. The lowest BCUT2D eigenvalue weighted by Gasteiger charge is -2.12. The fraction of sp³-hybridized carbons (Fsp3) is 0.211. The van der Waals surface area contributed by atoms with Gasteiger partial charge in [0.1, 0.15) is 0 Å². The molecule has 1 aromatic heterocycles. The molecule has 1 heterocycles. The maximum absolute atomic E-state index is 12.9. The molecule has 0 radical (unpaired) electrons. The first-order valence-corrected chi connectivity index (χ1v) is 9.03. The molecule has 3 aromatic rings. The molecule has 0 aliphatic heterocycles. The van der Waals surface area contributed by atoms with Gasteiger partial charge in [-0.15, -0.1) is 0 Å². The molecule has 10 heteroatoms. The first kappa shape index (κ1) is 20.7. The first-order chi connectivity index (χ1) is 13.8. The number of nitrogens with zero attached hydrogens (tertiary/aromatic N) is 3. The molecule has 6 nitrogen and oxygen atoms in total. The molecule has 0 saturated heterocycles. The number of hydrogen-bond acceptors (Lipinski definition) is 6. The van der Waals surface area contributed by atoms with Crippen LogP contribution in [-0.2, 0) is 12.7 Å². The number of benzene rings is 2. The largest absolute Gasteiger partial charge is 0.464 e. The summed E-state index contributed by atoms with van der Waals surface area (Å²) in [4.78, 5) is 12.4. The van der Waals surface area contributed by atoms with Crippen molar-refractivity contribution in [2.45, 2.75) is 19.6 Å². The summed E-state index contributed by atoms with van der Waals surface area (Å²) in [5, 5.41) is 6.39. The van der Waals surface area contributed by atoms with Crippen molar-refractivity contribution in [1.29, 1.82) is 0 Å². The Morgan fingerprint density at radius 3 is 2.48 bits per heavy atom. The Kier molecular flexibility index (Phi) is 6.38. The molecule has 0 saturated carbocycles. The zero-order chi connectivity index (χ0) is 20.9. The summed E-state index contributed by atoms with van der Waals surface area (Å²) in [5.41, 5.74) is 0.318. The second-order valence-corrected chi connectivity index (χ2v) is 6.32. The highest BCUT2D eigenvalue weighted by Gasteiger charge is 2.30. The third-order valence-corrected chi connectivity index (χ3v) is 3.91. The summed E-state index contributed by atoms with van der Waals surface area (Å²) < 4.78 is 44.1. The molecule has 0 fully saturated rings. The van der Waals surface area contributed by atoms with Gasteiger partial charge in [-0.2, -0.15) is 28.1 Å². The van der Waals surface area contributed by atoms with Crippen LogP contribution in [0.5, 0.6) is 6.01 Å². The summed E-state index contributed by atoms with van der Waals surface area (Å²) in [5.74, 6) is 0.259. The number of halogens is 4. The number of alkyl halides is 3. The van der Waals surface area contributed by atoms with Gasteiger partial charge in [0.25, 0.3) is 0 Å². The van der Waals surface area contributed by atoms with Crippen molar-refractivity contribution in [3.63, 3.8) is 0 Å². The Bertz CT molecular complexity index is 984. The molecule has 3 rings (SSSR count). The van der Waals surface area contributed by atoms with E-state index in [2.05, 4.69) is 25.6 Å². The maximum Gasteiger partial charge on any atom is 0.416 e. The van der Waals surface area contributed by atoms with Crippen LogP contribution in [0.2, 0.25) is 5.02 Å². The highest BCUT2D eigenvalue weighted by atomic mass is 35.5. The molecule has 0 atom stereocenters. The highest BCUT2D eigenvalue weighted by Crippen LogP contribution is 2.31. The van der Waals surface area contributed by atoms with Gasteiger partial charge in [0.2, 0.25) is 11.9 Å². The van der Waals surface area contributed by atoms with E-state index in [1.807, 2.05) is 12.1 Å². The second-order valence-electron chi connectivity index (χ2n) is 5.89. The molecule has 2 N–H and O–H groups in total. The zero-order valence-electron chi connectivity index (χ0n) is 15.3. The molecule has 152 valence electrons. The normalized spacial score (nSPS) is 11.2. The summed E-state index contributed by atoms with van der Waals surface area (Å²) in [6, 6.07) is 12.0. The van der Waals surface area contributed by atoms with Crippen LogP contribution < -0.4 is 15.4 Å². The predicted octanol–water partition coefficient (Wildman–Crippen LogP) is 5.30. The lowest BCUT2D eigenvalue weighted by Crippen LogP contribution is -2.10. The highest BCUT2D eigenvalue weighted by molar-refractivity contribution is 6.30. The summed E-state index contributed by atoms with van der Waals surface area (Å²) in [7, 11) is 0. The monoisotopic (exact) mass is 423 g/mol. The van der Waals surface area contributed by atoms with E-state index in [9.17, 15) is 13.2 Å². The third kappa shape index (κ3) is 5.95. The van der Waals surface area contributed by atoms with E-state index in [1.165, 1.54) is 12.1 Å². The summed E-state index contributed by atoms with van der Waals surface area (Å²) >= 11 is 5.97. The van der Waals surface area contributed by atoms with Gasteiger partial charge in [-0.1, -0.05) is 29.8 Å². The van der Waals surface area contributed by atoms with Gasteiger partial charge in [-0.05, 0) is 42.8 Å². The standard InChI is InChI=1S/C19H17ClF3N5O/c1-2-29-18-27-16(24-11-12-5-3-7-14(20)9-12)26-17(28-18)25-15-8-4-6-13(10-15)19(21,22)23/h3-10H,2,11H2,1H3,(H2,24,25,26,27,28). The van der Waals surface area contributed by atoms with E-state index < -0.39 is 11.7 Å². The van der Waals surface area contributed by atoms with Crippen LogP contribution in [0.1, 0.15) is 18.1 Å². The van der Waals surface area contributed by atoms with Crippen molar-refractivity contribution in [2.24, 2.45) is 0 Å². The van der Waals surface area contributed by atoms with Crippen LogP contribution in [0.25, 0.3) is 0 Å². The minimum Gasteiger partial charge on any atom is -0.464 e. The van der Waals surface area contributed by atoms with Crippen LogP contribution in [0.4, 0.5) is 30.8 Å². The quantitative estimate of drug-likeness (QED) is 0.537. The van der Waals surface area contributed by atoms with E-state index in [-0.39, 0.29) is 23.6 Å². The number of rotatable bonds is 7. The predicted molar refractivity (Wildman–Crippen MR) is 105 cm³/mol. The third-order valence-electron chi connectivity index (χ3n) is 3.67. The number of aromatic nitrogens is 3. The first-order valence-electron chi connectivity index (χ1n) is 8.65. The molecule has 0 spiro atoms. The van der Waals surface area contributed by atoms with Crippen molar-refractivity contribution in [2.75, 3.05) is 17.2 Å². The van der Waals surface area contributed by atoms with Crippen LogP contribution in [0, 0.1) is 0 Å². The van der Waals surface area contributed by atoms with Crippen molar-refractivity contribution in [3.8, 4) is 6.01 Å². The Morgan fingerprint density at radius 1 is 1.00 bits per heavy atom. The lowest BCUT2D eigenvalue weighted by molar-refractivity contribution is -0.137. The van der Waals surface area contributed by atoms with E-state index in [0.717, 1.165) is 17.7 Å². The molecule has 0 aliphatic rings. The van der Waals surface area contributed by atoms with Gasteiger partial charge in [0.05, 0.1) is 12.2 Å². The topological polar surface area (TPSA) is 72.0 Å². The number of nitrogens with one attached hydrogen (secondary N) is 2. The fourth-order valence-corrected chi connectivity index (χ4v) is 2.63. The molecule has 0 aliphatic carbocycles. The van der Waals surface area contributed by atoms with E-state index in [4.69, 9.17) is 16.3 Å². The number of hydrogen-bond donors (Lipinski definition) is 2. The smallest absolute Gasteiger partial charge is 0.416 e. The SMILES string of the molecule is CCOc1nc(NCc2cccc(Cl)c2)nc(Nc2cccc(C(F)(F)F)c2)n1. The van der Waals surface area contributed by atoms with E-state index >= 15 is 0 Å². The Balaban J connectivity index is 1.81. The molecule has 0 unspecified atom stereocenters. The molecule has 0 bridgehead atoms. The fourth-order valence-electron chi connectivity index (χ4n) is 2.42. The van der Waals surface area contributed by atoms with Crippen LogP contribution >= 0.6 is 11.6 Å². The van der Waals surface area contributed by atoms with Gasteiger partial charge in [-0.25, -0.2) is 0 Å². The average molecular weight is 424 g/mol. The van der Waals surface area contributed by atoms with Crippen molar-refractivity contribution in [1.82, 2.24) is 15.0 Å². The minimum atomic E-state index is -4.45. The summed E-state index contributed by atoms with van der Waals surface area (Å²) in [6.07, 6.45) is -4.45. The van der Waals surface area contributed by atoms with Crippen molar-refractivity contribution >= 4 is 29.2 Å². The molecule has 2 aromatic carbocycles. The van der Waals surface area contributed by atoms with Crippen LogP contribution in [0.3, 0.4) is 0 Å². The van der Waals surface area contributed by atoms with Crippen LogP contribution in [-0.4, -0.2) is 21.6 Å². The average Bonchev–Trinajstić information content (AvgIpc) is 2.66. The van der Waals surface area contributed by atoms with Crippen molar-refractivity contribution < 1.29 is 17.9 Å². The molecular weight excluding hydrogens is 407 g/mol. The zero-order valence-corrected chi connectivity index (χ0v) is 16.1. The van der Waals surface area contributed by atoms with Gasteiger partial charge < -0.3 is 15.4 Å². The number of ether oxygens (including phenoxy) is 1. The molecule has 29 heavy (non-hydrogen) atoms.